The fourth-order valence-corrected chi connectivity index (χ4v) is 5.73. The Kier molecular flexibility index (Phi) is 10.4. The molecule has 1 saturated carbocycles. The molecular weight excluding hydrogens is 534 g/mol. The average Bonchev–Trinajstić information content (AvgIpc) is 3.55. The summed E-state index contributed by atoms with van der Waals surface area (Å²) in [5.41, 5.74) is 1.91. The van der Waals surface area contributed by atoms with E-state index in [2.05, 4.69) is 16.0 Å². The molecule has 1 heterocycles. The maximum atomic E-state index is 13.4. The van der Waals surface area contributed by atoms with E-state index in [4.69, 9.17) is 21.1 Å². The Hall–Kier alpha value is -3.59. The Morgan fingerprint density at radius 2 is 1.77 bits per heavy atom. The lowest BCUT2D eigenvalue weighted by Crippen LogP contribution is -2.53. The summed E-state index contributed by atoms with van der Waals surface area (Å²) in [6.45, 7) is 0.523. The van der Waals surface area contributed by atoms with Gasteiger partial charge in [0.2, 0.25) is 11.8 Å². The largest absolute Gasteiger partial charge is 0.467 e. The predicted octanol–water partition coefficient (Wildman–Crippen LogP) is 3.57. The molecule has 3 N–H and O–H groups in total. The lowest BCUT2D eigenvalue weighted by atomic mass is 9.96. The van der Waals surface area contributed by atoms with Gasteiger partial charge in [0, 0.05) is 29.8 Å². The summed E-state index contributed by atoms with van der Waals surface area (Å²) in [7, 11) is 1.23. The molecule has 1 aliphatic carbocycles. The van der Waals surface area contributed by atoms with Crippen LogP contribution in [0.4, 0.5) is 4.79 Å². The highest BCUT2D eigenvalue weighted by molar-refractivity contribution is 6.30. The second-order valence-electron chi connectivity index (χ2n) is 10.5. The Labute approximate surface area is 239 Å². The fourth-order valence-electron chi connectivity index (χ4n) is 5.51. The van der Waals surface area contributed by atoms with Gasteiger partial charge in [0.25, 0.3) is 0 Å². The molecule has 2 unspecified atom stereocenters. The summed E-state index contributed by atoms with van der Waals surface area (Å²) >= 11 is 6.14. The summed E-state index contributed by atoms with van der Waals surface area (Å²) in [6, 6.07) is 14.9. The number of rotatable bonds is 11. The van der Waals surface area contributed by atoms with Crippen molar-refractivity contribution < 1.29 is 28.7 Å². The second kappa shape index (κ2) is 14.2. The number of nitrogens with one attached hydrogen (secondary N) is 3. The smallest absolute Gasteiger partial charge is 0.408 e. The molecule has 1 saturated heterocycles. The summed E-state index contributed by atoms with van der Waals surface area (Å²) in [6.07, 6.45) is 3.23. The van der Waals surface area contributed by atoms with Crippen molar-refractivity contribution in [2.24, 2.45) is 11.8 Å². The van der Waals surface area contributed by atoms with Gasteiger partial charge >= 0.3 is 12.1 Å². The van der Waals surface area contributed by atoms with Crippen molar-refractivity contribution in [3.8, 4) is 0 Å². The maximum Gasteiger partial charge on any atom is 0.408 e. The number of amides is 3. The van der Waals surface area contributed by atoms with Gasteiger partial charge in [-0.15, -0.1) is 0 Å². The van der Waals surface area contributed by atoms with Crippen molar-refractivity contribution in [1.82, 2.24) is 16.0 Å². The molecule has 0 radical (unpaired) electrons. The number of halogens is 1. The first-order valence-corrected chi connectivity index (χ1v) is 14.1. The zero-order valence-corrected chi connectivity index (χ0v) is 23.3. The first-order chi connectivity index (χ1) is 19.3. The van der Waals surface area contributed by atoms with Gasteiger partial charge in [0.1, 0.15) is 18.2 Å². The van der Waals surface area contributed by atoms with E-state index in [1.54, 1.807) is 0 Å². The van der Waals surface area contributed by atoms with E-state index in [1.807, 2.05) is 54.6 Å². The molecule has 2 fully saturated rings. The molecule has 5 atom stereocenters. The minimum Gasteiger partial charge on any atom is -0.467 e. The van der Waals surface area contributed by atoms with Crippen molar-refractivity contribution in [3.05, 3.63) is 70.7 Å². The Morgan fingerprint density at radius 1 is 1.00 bits per heavy atom. The molecule has 10 heteroatoms. The Morgan fingerprint density at radius 3 is 2.48 bits per heavy atom. The number of hydrogen-bond acceptors (Lipinski definition) is 6. The number of methoxy groups -OCH3 is 1. The van der Waals surface area contributed by atoms with Gasteiger partial charge < -0.3 is 25.4 Å². The summed E-state index contributed by atoms with van der Waals surface area (Å²) in [5.74, 6) is -1.63. The van der Waals surface area contributed by atoms with Crippen molar-refractivity contribution >= 4 is 35.5 Å². The van der Waals surface area contributed by atoms with Gasteiger partial charge in [-0.25, -0.2) is 9.59 Å². The van der Waals surface area contributed by atoms with E-state index in [1.165, 1.54) is 7.11 Å². The van der Waals surface area contributed by atoms with Crippen molar-refractivity contribution in [1.29, 1.82) is 0 Å². The standard InChI is InChI=1S/C30H36ClN3O6/c1-39-29(37)25(18-22-13-14-32-27(22)35)33-28(36)24(17-19-7-3-2-4-8-19)34-30(38)40-26-12-6-10-21(26)15-20-9-5-11-23(31)16-20/h2-5,7-9,11,16,21-22,24-26H,6,10,12-15,17-18H2,1H3,(H,32,35)(H,33,36)(H,34,38)/t21?,22-,24-,25-,26?/m0/s1. The number of carbonyl (C=O) groups is 4. The third-order valence-electron chi connectivity index (χ3n) is 7.61. The van der Waals surface area contributed by atoms with Gasteiger partial charge in [0.05, 0.1) is 7.11 Å². The zero-order valence-electron chi connectivity index (χ0n) is 22.6. The highest BCUT2D eigenvalue weighted by Gasteiger charge is 2.35. The minimum absolute atomic E-state index is 0.111. The van der Waals surface area contributed by atoms with Crippen LogP contribution >= 0.6 is 11.6 Å². The summed E-state index contributed by atoms with van der Waals surface area (Å²) in [4.78, 5) is 51.1. The molecule has 214 valence electrons. The van der Waals surface area contributed by atoms with Crippen LogP contribution in [0.1, 0.15) is 43.2 Å². The second-order valence-corrected chi connectivity index (χ2v) is 10.9. The number of esters is 1. The molecule has 3 amide bonds. The highest BCUT2D eigenvalue weighted by atomic mass is 35.5. The van der Waals surface area contributed by atoms with E-state index in [0.717, 1.165) is 36.8 Å². The van der Waals surface area contributed by atoms with Crippen LogP contribution in [0.5, 0.6) is 0 Å². The van der Waals surface area contributed by atoms with Crippen molar-refractivity contribution in [3.63, 3.8) is 0 Å². The van der Waals surface area contributed by atoms with Gasteiger partial charge in [-0.05, 0) is 61.8 Å². The Balaban J connectivity index is 1.42. The van der Waals surface area contributed by atoms with E-state index >= 15 is 0 Å². The Bertz CT molecular complexity index is 1190. The van der Waals surface area contributed by atoms with Gasteiger partial charge in [-0.3, -0.25) is 9.59 Å². The molecule has 2 aromatic rings. The predicted molar refractivity (Wildman–Crippen MR) is 150 cm³/mol. The van der Waals surface area contributed by atoms with Crippen LogP contribution in [0, 0.1) is 11.8 Å². The molecule has 0 bridgehead atoms. The lowest BCUT2D eigenvalue weighted by Gasteiger charge is -2.25. The van der Waals surface area contributed by atoms with Crippen molar-refractivity contribution in [2.45, 2.75) is 63.1 Å². The minimum atomic E-state index is -1.03. The third kappa shape index (κ3) is 8.21. The fraction of sp³-hybridized carbons (Fsp3) is 0.467. The van der Waals surface area contributed by atoms with E-state index in [9.17, 15) is 19.2 Å². The monoisotopic (exact) mass is 569 g/mol. The van der Waals surface area contributed by atoms with Gasteiger partial charge in [-0.1, -0.05) is 54.1 Å². The molecule has 40 heavy (non-hydrogen) atoms. The number of ether oxygens (including phenoxy) is 2. The topological polar surface area (TPSA) is 123 Å². The van der Waals surface area contributed by atoms with Crippen LogP contribution in [0.3, 0.4) is 0 Å². The zero-order chi connectivity index (χ0) is 28.5. The van der Waals surface area contributed by atoms with Crippen LogP contribution in [-0.4, -0.2) is 55.7 Å². The molecule has 9 nitrogen and oxygen atoms in total. The lowest BCUT2D eigenvalue weighted by molar-refractivity contribution is -0.146. The van der Waals surface area contributed by atoms with Crippen LogP contribution in [0.15, 0.2) is 54.6 Å². The van der Waals surface area contributed by atoms with E-state index in [-0.39, 0.29) is 30.8 Å². The molecular formula is C30H36ClN3O6. The van der Waals surface area contributed by atoms with Gasteiger partial charge in [-0.2, -0.15) is 0 Å². The third-order valence-corrected chi connectivity index (χ3v) is 7.85. The number of alkyl carbamates (subject to hydrolysis) is 1. The summed E-state index contributed by atoms with van der Waals surface area (Å²) < 4.78 is 10.7. The van der Waals surface area contributed by atoms with E-state index < -0.39 is 36.0 Å². The SMILES string of the molecule is COC(=O)[C@H](C[C@@H]1CCNC1=O)NC(=O)[C@H](Cc1ccccc1)NC(=O)OC1CCCC1Cc1cccc(Cl)c1. The number of carbonyl (C=O) groups excluding carboxylic acids is 4. The van der Waals surface area contributed by atoms with Crippen LogP contribution in [0.25, 0.3) is 0 Å². The quantitative estimate of drug-likeness (QED) is 0.356. The van der Waals surface area contributed by atoms with Crippen molar-refractivity contribution in [2.75, 3.05) is 13.7 Å². The van der Waals surface area contributed by atoms with E-state index in [0.29, 0.717) is 18.0 Å². The first kappa shape index (κ1) is 29.4. The molecule has 4 rings (SSSR count). The van der Waals surface area contributed by atoms with Crippen LogP contribution in [0.2, 0.25) is 5.02 Å². The normalized spacial score (nSPS) is 21.6. The number of benzene rings is 2. The molecule has 0 aromatic heterocycles. The molecule has 2 aromatic carbocycles. The number of hydrogen-bond donors (Lipinski definition) is 3. The molecule has 2 aliphatic rings. The molecule has 0 spiro atoms. The van der Waals surface area contributed by atoms with Gasteiger partial charge in [0.15, 0.2) is 0 Å². The highest BCUT2D eigenvalue weighted by Crippen LogP contribution is 2.32. The summed E-state index contributed by atoms with van der Waals surface area (Å²) in [5, 5.41) is 8.83. The van der Waals surface area contributed by atoms with Crippen LogP contribution < -0.4 is 16.0 Å². The maximum absolute atomic E-state index is 13.4. The first-order valence-electron chi connectivity index (χ1n) is 13.7. The average molecular weight is 570 g/mol. The van der Waals surface area contributed by atoms with Crippen LogP contribution in [-0.2, 0) is 36.7 Å². The molecule has 1 aliphatic heterocycles.